The molecule has 1 aliphatic carbocycles. The number of ether oxygens (including phenoxy) is 1. The fraction of sp³-hybridized carbons (Fsp3) is 0.647. The van der Waals surface area contributed by atoms with Gasteiger partial charge in [-0.15, -0.1) is 0 Å². The average Bonchev–Trinajstić information content (AvgIpc) is 2.42. The van der Waals surface area contributed by atoms with E-state index in [2.05, 4.69) is 19.2 Å². The molecule has 116 valence electrons. The Balaban J connectivity index is 1.79. The second-order valence-corrected chi connectivity index (χ2v) is 7.51. The van der Waals surface area contributed by atoms with Crippen molar-refractivity contribution in [2.45, 2.75) is 51.6 Å². The van der Waals surface area contributed by atoms with Crippen molar-refractivity contribution in [2.24, 2.45) is 11.8 Å². The first-order valence-corrected chi connectivity index (χ1v) is 8.68. The van der Waals surface area contributed by atoms with Crippen molar-refractivity contribution in [3.8, 4) is 5.75 Å². The molecule has 0 amide bonds. The van der Waals surface area contributed by atoms with E-state index in [-0.39, 0.29) is 0 Å². The molecule has 1 aromatic carbocycles. The molecule has 1 fully saturated rings. The third-order valence-electron chi connectivity index (χ3n) is 4.91. The number of benzene rings is 1. The first kappa shape index (κ1) is 15.5. The molecule has 1 heterocycles. The van der Waals surface area contributed by atoms with E-state index in [0.717, 1.165) is 29.6 Å². The second-order valence-electron chi connectivity index (χ2n) is 6.66. The van der Waals surface area contributed by atoms with E-state index >= 15 is 0 Å². The van der Waals surface area contributed by atoms with Gasteiger partial charge in [0.2, 0.25) is 0 Å². The zero-order valence-electron chi connectivity index (χ0n) is 12.7. The molecule has 0 aromatic heterocycles. The van der Waals surface area contributed by atoms with Crippen LogP contribution in [-0.4, -0.2) is 12.6 Å². The number of hydrogen-bond acceptors (Lipinski definition) is 2. The first-order chi connectivity index (χ1) is 10.0. The fourth-order valence-electron chi connectivity index (χ4n) is 3.77. The Morgan fingerprint density at radius 3 is 2.71 bits per heavy atom. The van der Waals surface area contributed by atoms with Crippen LogP contribution in [0.25, 0.3) is 0 Å². The van der Waals surface area contributed by atoms with Crippen LogP contribution in [0.4, 0.5) is 0 Å². The number of nitrogens with one attached hydrogen (secondary N) is 1. The largest absolute Gasteiger partial charge is 0.492 e. The number of halogens is 2. The molecule has 0 spiro atoms. The van der Waals surface area contributed by atoms with Crippen LogP contribution in [0, 0.1) is 11.8 Å². The van der Waals surface area contributed by atoms with Crippen LogP contribution >= 0.6 is 23.2 Å². The zero-order chi connectivity index (χ0) is 15.0. The van der Waals surface area contributed by atoms with Crippen molar-refractivity contribution in [3.05, 3.63) is 27.7 Å². The maximum Gasteiger partial charge on any atom is 0.142 e. The van der Waals surface area contributed by atoms with Crippen molar-refractivity contribution in [1.29, 1.82) is 0 Å². The molecule has 4 heteroatoms. The van der Waals surface area contributed by atoms with Gasteiger partial charge in [0.1, 0.15) is 5.75 Å². The van der Waals surface area contributed by atoms with Crippen molar-refractivity contribution >= 4 is 23.2 Å². The third-order valence-corrected chi connectivity index (χ3v) is 5.41. The van der Waals surface area contributed by atoms with Gasteiger partial charge >= 0.3 is 0 Å². The van der Waals surface area contributed by atoms with Gasteiger partial charge in [0.15, 0.2) is 0 Å². The van der Waals surface area contributed by atoms with Crippen molar-refractivity contribution in [3.63, 3.8) is 0 Å². The first-order valence-electron chi connectivity index (χ1n) is 7.92. The minimum absolute atomic E-state index is 0.297. The van der Waals surface area contributed by atoms with Gasteiger partial charge in [-0.3, -0.25) is 0 Å². The topological polar surface area (TPSA) is 21.3 Å². The predicted octanol–water partition coefficient (Wildman–Crippen LogP) is 5.23. The molecule has 0 bridgehead atoms. The molecule has 1 saturated carbocycles. The monoisotopic (exact) mass is 327 g/mol. The summed E-state index contributed by atoms with van der Waals surface area (Å²) in [5.41, 5.74) is 1.12. The normalized spacial score (nSPS) is 32.4. The highest BCUT2D eigenvalue weighted by atomic mass is 35.5. The molecule has 2 nitrogen and oxygen atoms in total. The molecule has 2 aliphatic rings. The number of hydrogen-bond donors (Lipinski definition) is 1. The summed E-state index contributed by atoms with van der Waals surface area (Å²) in [6.07, 6.45) is 4.85. The van der Waals surface area contributed by atoms with E-state index in [1.54, 1.807) is 6.07 Å². The van der Waals surface area contributed by atoms with Gasteiger partial charge in [-0.05, 0) is 43.2 Å². The summed E-state index contributed by atoms with van der Waals surface area (Å²) in [4.78, 5) is 0. The summed E-state index contributed by atoms with van der Waals surface area (Å²) >= 11 is 12.4. The molecule has 3 rings (SSSR count). The lowest BCUT2D eigenvalue weighted by molar-refractivity contribution is 0.187. The molecule has 0 radical (unpaired) electrons. The van der Waals surface area contributed by atoms with Gasteiger partial charge < -0.3 is 10.1 Å². The molecule has 1 N–H and O–H groups in total. The van der Waals surface area contributed by atoms with E-state index in [9.17, 15) is 0 Å². The van der Waals surface area contributed by atoms with Crippen LogP contribution in [0.1, 0.15) is 51.1 Å². The van der Waals surface area contributed by atoms with Gasteiger partial charge in [-0.1, -0.05) is 37.0 Å². The lowest BCUT2D eigenvalue weighted by Crippen LogP contribution is -2.42. The van der Waals surface area contributed by atoms with Crippen LogP contribution in [0.3, 0.4) is 0 Å². The standard InChI is InChI=1S/C17H23Cl2NO/c1-10-3-4-15(11(2)7-10)20-16-5-6-21-17-13(16)8-12(18)9-14(17)19/h8-11,15-16,20H,3-7H2,1-2H3. The molecular formula is C17H23Cl2NO. The van der Waals surface area contributed by atoms with Crippen molar-refractivity contribution in [2.75, 3.05) is 6.61 Å². The predicted molar refractivity (Wildman–Crippen MR) is 88.4 cm³/mol. The van der Waals surface area contributed by atoms with Gasteiger partial charge in [0, 0.05) is 29.1 Å². The van der Waals surface area contributed by atoms with E-state index in [1.165, 1.54) is 19.3 Å². The summed E-state index contributed by atoms with van der Waals surface area (Å²) in [6, 6.07) is 4.63. The lowest BCUT2D eigenvalue weighted by Gasteiger charge is -2.37. The van der Waals surface area contributed by atoms with E-state index < -0.39 is 0 Å². The van der Waals surface area contributed by atoms with Crippen LogP contribution in [0.15, 0.2) is 12.1 Å². The molecule has 1 aliphatic heterocycles. The molecule has 4 unspecified atom stereocenters. The minimum atomic E-state index is 0.297. The van der Waals surface area contributed by atoms with Gasteiger partial charge in [0.05, 0.1) is 11.6 Å². The Morgan fingerprint density at radius 1 is 1.14 bits per heavy atom. The smallest absolute Gasteiger partial charge is 0.142 e. The Bertz CT molecular complexity index is 520. The Kier molecular flexibility index (Phi) is 4.68. The highest BCUT2D eigenvalue weighted by Crippen LogP contribution is 2.41. The highest BCUT2D eigenvalue weighted by Gasteiger charge is 2.30. The lowest BCUT2D eigenvalue weighted by atomic mass is 9.79. The van der Waals surface area contributed by atoms with Gasteiger partial charge in [0.25, 0.3) is 0 Å². The molecule has 21 heavy (non-hydrogen) atoms. The van der Waals surface area contributed by atoms with Crippen LogP contribution in [-0.2, 0) is 0 Å². The maximum atomic E-state index is 6.27. The maximum absolute atomic E-state index is 6.27. The number of rotatable bonds is 2. The summed E-state index contributed by atoms with van der Waals surface area (Å²) < 4.78 is 5.74. The van der Waals surface area contributed by atoms with E-state index in [0.29, 0.717) is 28.7 Å². The number of fused-ring (bicyclic) bond motifs is 1. The van der Waals surface area contributed by atoms with Crippen LogP contribution in [0.2, 0.25) is 10.0 Å². The molecular weight excluding hydrogens is 305 g/mol. The van der Waals surface area contributed by atoms with E-state index in [1.807, 2.05) is 6.07 Å². The minimum Gasteiger partial charge on any atom is -0.492 e. The van der Waals surface area contributed by atoms with Crippen molar-refractivity contribution in [1.82, 2.24) is 5.32 Å². The molecule has 4 atom stereocenters. The molecule has 1 aromatic rings. The quantitative estimate of drug-likeness (QED) is 0.802. The summed E-state index contributed by atoms with van der Waals surface area (Å²) in [5.74, 6) is 2.38. The SMILES string of the molecule is CC1CCC(NC2CCOc3c(Cl)cc(Cl)cc32)C(C)C1. The van der Waals surface area contributed by atoms with Gasteiger partial charge in [-0.25, -0.2) is 0 Å². The summed E-state index contributed by atoms with van der Waals surface area (Å²) in [6.45, 7) is 5.43. The fourth-order valence-corrected chi connectivity index (χ4v) is 4.33. The van der Waals surface area contributed by atoms with E-state index in [4.69, 9.17) is 27.9 Å². The highest BCUT2D eigenvalue weighted by molar-refractivity contribution is 6.35. The summed E-state index contributed by atoms with van der Waals surface area (Å²) in [7, 11) is 0. The van der Waals surface area contributed by atoms with Crippen molar-refractivity contribution < 1.29 is 4.74 Å². The average molecular weight is 328 g/mol. The Labute approximate surface area is 137 Å². The van der Waals surface area contributed by atoms with Gasteiger partial charge in [-0.2, -0.15) is 0 Å². The Hall–Kier alpha value is -0.440. The van der Waals surface area contributed by atoms with Crippen LogP contribution < -0.4 is 10.1 Å². The summed E-state index contributed by atoms with van der Waals surface area (Å²) in [5, 5.41) is 5.14. The second kappa shape index (κ2) is 6.36. The molecule has 0 saturated heterocycles. The third kappa shape index (κ3) is 3.33. The zero-order valence-corrected chi connectivity index (χ0v) is 14.2. The Morgan fingerprint density at radius 2 is 1.95 bits per heavy atom. The van der Waals surface area contributed by atoms with Crippen LogP contribution in [0.5, 0.6) is 5.75 Å².